The second-order valence-electron chi connectivity index (χ2n) is 11.5. The molecular weight excluding hydrogens is 555 g/mol. The second-order valence-corrected chi connectivity index (χ2v) is 11.5. The molecule has 0 unspecified atom stereocenters. The van der Waals surface area contributed by atoms with Crippen molar-refractivity contribution in [3.8, 4) is 0 Å². The fraction of sp³-hybridized carbons (Fsp3) is 0.424. The number of pyridine rings is 1. The lowest BCUT2D eigenvalue weighted by Gasteiger charge is -2.34. The van der Waals surface area contributed by atoms with E-state index in [4.69, 9.17) is 0 Å². The largest absolute Gasteiger partial charge is 0.416 e. The van der Waals surface area contributed by atoms with Gasteiger partial charge in [0.15, 0.2) is 0 Å². The number of hydrogen-bond acceptors (Lipinski definition) is 5. The minimum Gasteiger partial charge on any atom is -0.374 e. The fourth-order valence-corrected chi connectivity index (χ4v) is 6.30. The Hall–Kier alpha value is -3.92. The maximum atomic E-state index is 13.9. The van der Waals surface area contributed by atoms with E-state index in [0.717, 1.165) is 54.8 Å². The molecule has 1 fully saturated rings. The van der Waals surface area contributed by atoms with Gasteiger partial charge in [0.25, 0.3) is 0 Å². The zero-order valence-corrected chi connectivity index (χ0v) is 24.6. The number of hydrogen-bond donors (Lipinski definition) is 0. The average molecular weight is 594 g/mol. The van der Waals surface area contributed by atoms with Crippen molar-refractivity contribution in [3.63, 3.8) is 0 Å². The molecule has 7 nitrogen and oxygen atoms in total. The maximum Gasteiger partial charge on any atom is 0.416 e. The summed E-state index contributed by atoms with van der Waals surface area (Å²) in [6, 6.07) is 17.3. The number of halogens is 3. The maximum absolute atomic E-state index is 13.9. The molecule has 0 aliphatic carbocycles. The van der Waals surface area contributed by atoms with Gasteiger partial charge in [-0.2, -0.15) is 13.2 Å². The van der Waals surface area contributed by atoms with E-state index in [-0.39, 0.29) is 36.9 Å². The molecule has 3 aromatic rings. The van der Waals surface area contributed by atoms with Crippen LogP contribution in [0.15, 0.2) is 73.1 Å². The molecule has 10 heteroatoms. The van der Waals surface area contributed by atoms with Crippen molar-refractivity contribution in [3.05, 3.63) is 89.7 Å². The number of nitrogens with zero attached hydrogens (tertiary/aromatic N) is 5. The smallest absolute Gasteiger partial charge is 0.374 e. The summed E-state index contributed by atoms with van der Waals surface area (Å²) in [6.45, 7) is 4.04. The third-order valence-electron chi connectivity index (χ3n) is 8.65. The zero-order valence-electron chi connectivity index (χ0n) is 24.6. The molecule has 2 bridgehead atoms. The number of aromatic nitrogens is 1. The van der Waals surface area contributed by atoms with E-state index in [1.807, 2.05) is 46.2 Å². The Morgan fingerprint density at radius 1 is 0.977 bits per heavy atom. The lowest BCUT2D eigenvalue weighted by atomic mass is 10.1. The van der Waals surface area contributed by atoms with Gasteiger partial charge in [-0.3, -0.25) is 19.5 Å². The summed E-state index contributed by atoms with van der Waals surface area (Å²) in [6.07, 6.45) is 2.02. The van der Waals surface area contributed by atoms with Gasteiger partial charge in [0.1, 0.15) is 0 Å². The van der Waals surface area contributed by atoms with Crippen LogP contribution in [0.2, 0.25) is 0 Å². The van der Waals surface area contributed by atoms with Crippen LogP contribution in [-0.2, 0) is 28.9 Å². The molecule has 2 aromatic carbocycles. The molecule has 3 heterocycles. The van der Waals surface area contributed by atoms with Crippen LogP contribution >= 0.6 is 0 Å². The van der Waals surface area contributed by atoms with Crippen LogP contribution in [0, 0.1) is 0 Å². The summed E-state index contributed by atoms with van der Waals surface area (Å²) in [5, 5.41) is 0. The number of rotatable bonds is 6. The third kappa shape index (κ3) is 7.36. The van der Waals surface area contributed by atoms with Crippen molar-refractivity contribution in [1.29, 1.82) is 0 Å². The van der Waals surface area contributed by atoms with Crippen LogP contribution in [0.25, 0.3) is 0 Å². The molecule has 0 saturated carbocycles. The summed E-state index contributed by atoms with van der Waals surface area (Å²) in [5.41, 5.74) is 2.55. The lowest BCUT2D eigenvalue weighted by molar-refractivity contribution is -0.137. The Balaban J connectivity index is 1.40. The summed E-state index contributed by atoms with van der Waals surface area (Å²) in [7, 11) is 1.70. The van der Waals surface area contributed by atoms with Crippen LogP contribution in [0.4, 0.5) is 24.5 Å². The molecular formula is C33H38F3N5O2. The third-order valence-corrected chi connectivity index (χ3v) is 8.65. The molecule has 0 radical (unpaired) electrons. The van der Waals surface area contributed by atoms with Crippen molar-refractivity contribution in [2.24, 2.45) is 0 Å². The average Bonchev–Trinajstić information content (AvgIpc) is 3.35. The summed E-state index contributed by atoms with van der Waals surface area (Å²) < 4.78 is 39.8. The van der Waals surface area contributed by atoms with E-state index in [0.29, 0.717) is 25.3 Å². The Bertz CT molecular complexity index is 1420. The van der Waals surface area contributed by atoms with Crippen LogP contribution in [0.3, 0.4) is 0 Å². The van der Waals surface area contributed by atoms with Crippen LogP contribution in [0.1, 0.15) is 49.3 Å². The van der Waals surface area contributed by atoms with Gasteiger partial charge in [-0.25, -0.2) is 0 Å². The molecule has 0 N–H and O–H groups in total. The highest BCUT2D eigenvalue weighted by Crippen LogP contribution is 2.34. The second kappa shape index (κ2) is 13.2. The minimum absolute atomic E-state index is 0.0393. The number of para-hydroxylation sites is 1. The Labute approximate surface area is 250 Å². The normalized spacial score (nSPS) is 19.5. The topological polar surface area (TPSA) is 60.0 Å². The van der Waals surface area contributed by atoms with Gasteiger partial charge in [-0.1, -0.05) is 24.3 Å². The highest BCUT2D eigenvalue weighted by molar-refractivity contribution is 5.92. The number of fused-ring (bicyclic) bond motifs is 3. The molecule has 0 spiro atoms. The van der Waals surface area contributed by atoms with Gasteiger partial charge >= 0.3 is 6.18 Å². The summed E-state index contributed by atoms with van der Waals surface area (Å²) in [4.78, 5) is 38.7. The number of amides is 2. The molecule has 2 amide bonds. The van der Waals surface area contributed by atoms with Gasteiger partial charge in [-0.15, -0.1) is 0 Å². The van der Waals surface area contributed by atoms with E-state index >= 15 is 0 Å². The van der Waals surface area contributed by atoms with Gasteiger partial charge in [0, 0.05) is 89.0 Å². The van der Waals surface area contributed by atoms with E-state index in [1.54, 1.807) is 37.3 Å². The van der Waals surface area contributed by atoms with Gasteiger partial charge in [0.2, 0.25) is 11.8 Å². The number of carbonyl (C=O) groups is 2. The minimum atomic E-state index is -4.43. The Morgan fingerprint density at radius 2 is 1.72 bits per heavy atom. The first-order chi connectivity index (χ1) is 20.6. The molecule has 5 rings (SSSR count). The van der Waals surface area contributed by atoms with Gasteiger partial charge in [0.05, 0.1) is 5.56 Å². The van der Waals surface area contributed by atoms with Crippen molar-refractivity contribution in [2.45, 2.75) is 64.0 Å². The zero-order chi connectivity index (χ0) is 30.6. The van der Waals surface area contributed by atoms with E-state index in [2.05, 4.69) is 9.88 Å². The molecule has 2 aliphatic rings. The fourth-order valence-electron chi connectivity index (χ4n) is 6.30. The first-order valence-corrected chi connectivity index (χ1v) is 14.8. The number of anilines is 2. The first-order valence-electron chi connectivity index (χ1n) is 14.8. The van der Waals surface area contributed by atoms with Crippen molar-refractivity contribution in [1.82, 2.24) is 14.8 Å². The van der Waals surface area contributed by atoms with E-state index < -0.39 is 11.7 Å². The van der Waals surface area contributed by atoms with Crippen molar-refractivity contribution in [2.75, 3.05) is 36.5 Å². The summed E-state index contributed by atoms with van der Waals surface area (Å²) >= 11 is 0. The SMILES string of the molecule is CC(=O)N1CC[C@H]2CC[C@@H](CN(C(=O)CCN(C)c3cccc(C(F)(F)F)c3)Cc3ccccc31)N2Cc1ccncc1. The first kappa shape index (κ1) is 30.5. The van der Waals surface area contributed by atoms with E-state index in [1.165, 1.54) is 6.07 Å². The predicted molar refractivity (Wildman–Crippen MR) is 160 cm³/mol. The van der Waals surface area contributed by atoms with Crippen molar-refractivity contribution < 1.29 is 22.8 Å². The predicted octanol–water partition coefficient (Wildman–Crippen LogP) is 5.75. The number of alkyl halides is 3. The molecule has 1 saturated heterocycles. The molecule has 2 aliphatic heterocycles. The van der Waals surface area contributed by atoms with Crippen LogP contribution < -0.4 is 9.80 Å². The monoisotopic (exact) mass is 593 g/mol. The quantitative estimate of drug-likeness (QED) is 0.365. The van der Waals surface area contributed by atoms with Crippen LogP contribution in [0.5, 0.6) is 0 Å². The highest BCUT2D eigenvalue weighted by Gasteiger charge is 2.37. The Morgan fingerprint density at radius 3 is 2.47 bits per heavy atom. The van der Waals surface area contributed by atoms with Gasteiger partial charge < -0.3 is 14.7 Å². The van der Waals surface area contributed by atoms with Gasteiger partial charge in [-0.05, 0) is 66.8 Å². The molecule has 43 heavy (non-hydrogen) atoms. The molecule has 1 aromatic heterocycles. The number of benzene rings is 2. The van der Waals surface area contributed by atoms with Crippen LogP contribution in [-0.4, -0.2) is 65.4 Å². The van der Waals surface area contributed by atoms with E-state index in [9.17, 15) is 22.8 Å². The lowest BCUT2D eigenvalue weighted by Crippen LogP contribution is -2.45. The summed E-state index contributed by atoms with van der Waals surface area (Å²) in [5.74, 6) is -0.114. The van der Waals surface area contributed by atoms with Crippen molar-refractivity contribution >= 4 is 23.2 Å². The molecule has 2 atom stereocenters. The number of carbonyl (C=O) groups excluding carboxylic acids is 2. The highest BCUT2D eigenvalue weighted by atomic mass is 19.4. The molecule has 228 valence electrons. The standard InChI is InChI=1S/C33H38F3N5O2/c1-24(42)40-19-14-28-10-11-30(41(28)21-25-12-16-37-17-13-25)23-39(22-26-6-3-4-9-31(26)40)32(43)15-18-38(2)29-8-5-7-27(20-29)33(34,35)36/h3-9,12-13,16-17,20,28,30H,10-11,14-15,18-19,21-23H2,1-2H3/t28-,30+/m1/s1. The Kier molecular flexibility index (Phi) is 9.34.